The van der Waals surface area contributed by atoms with E-state index in [9.17, 15) is 8.42 Å². The smallest absolute Gasteiger partial charge is 0.243 e. The molecule has 1 fully saturated rings. The fraction of sp³-hybridized carbons (Fsp3) is 0.538. The van der Waals surface area contributed by atoms with Crippen LogP contribution in [0, 0.1) is 6.92 Å². The number of aryl methyl sites for hydroxylation is 1. The zero-order chi connectivity index (χ0) is 13.9. The molecule has 0 aliphatic carbocycles. The predicted molar refractivity (Wildman–Crippen MR) is 71.9 cm³/mol. The molecule has 0 amide bonds. The van der Waals surface area contributed by atoms with Crippen LogP contribution >= 0.6 is 0 Å². The van der Waals surface area contributed by atoms with E-state index in [1.807, 2.05) is 13.8 Å². The lowest BCUT2D eigenvalue weighted by molar-refractivity contribution is 0.0730. The molecule has 106 valence electrons. The van der Waals surface area contributed by atoms with Crippen LogP contribution in [0.3, 0.4) is 0 Å². The fourth-order valence-electron chi connectivity index (χ4n) is 2.04. The monoisotopic (exact) mass is 285 g/mol. The molecular formula is C13H19NO4S. The number of sulfonamides is 1. The molecule has 5 nitrogen and oxygen atoms in total. The molecule has 0 spiro atoms. The van der Waals surface area contributed by atoms with Crippen LogP contribution in [-0.4, -0.2) is 45.6 Å². The standard InChI is InChI=1S/C13H19NO4S/c1-3-18-13-5-4-12(10-11(13)2)19(15,16)14-6-8-17-9-7-14/h4-5,10H,3,6-9H2,1-2H3. The summed E-state index contributed by atoms with van der Waals surface area (Å²) >= 11 is 0. The largest absolute Gasteiger partial charge is 0.494 e. The van der Waals surface area contributed by atoms with Crippen molar-refractivity contribution in [2.24, 2.45) is 0 Å². The first-order valence-corrected chi connectivity index (χ1v) is 7.81. The molecule has 0 N–H and O–H groups in total. The van der Waals surface area contributed by atoms with Crippen LogP contribution in [0.1, 0.15) is 12.5 Å². The highest BCUT2D eigenvalue weighted by Gasteiger charge is 2.26. The van der Waals surface area contributed by atoms with Crippen molar-refractivity contribution in [3.8, 4) is 5.75 Å². The SMILES string of the molecule is CCOc1ccc(S(=O)(=O)N2CCOCC2)cc1C. The molecule has 1 heterocycles. The third kappa shape index (κ3) is 3.08. The number of hydrogen-bond donors (Lipinski definition) is 0. The number of rotatable bonds is 4. The zero-order valence-corrected chi connectivity index (χ0v) is 12.1. The van der Waals surface area contributed by atoms with Gasteiger partial charge in [0.15, 0.2) is 0 Å². The van der Waals surface area contributed by atoms with E-state index in [4.69, 9.17) is 9.47 Å². The van der Waals surface area contributed by atoms with Crippen LogP contribution < -0.4 is 4.74 Å². The summed E-state index contributed by atoms with van der Waals surface area (Å²) in [7, 11) is -3.42. The molecule has 0 aromatic heterocycles. The van der Waals surface area contributed by atoms with Crippen molar-refractivity contribution < 1.29 is 17.9 Å². The molecule has 0 atom stereocenters. The number of benzene rings is 1. The van der Waals surface area contributed by atoms with Crippen molar-refractivity contribution >= 4 is 10.0 Å². The maximum atomic E-state index is 12.4. The number of hydrogen-bond acceptors (Lipinski definition) is 4. The molecule has 19 heavy (non-hydrogen) atoms. The van der Waals surface area contributed by atoms with Gasteiger partial charge < -0.3 is 9.47 Å². The summed E-state index contributed by atoms with van der Waals surface area (Å²) in [5, 5.41) is 0. The van der Waals surface area contributed by atoms with Gasteiger partial charge in [-0.05, 0) is 37.6 Å². The molecule has 6 heteroatoms. The van der Waals surface area contributed by atoms with Crippen molar-refractivity contribution in [1.82, 2.24) is 4.31 Å². The van der Waals surface area contributed by atoms with Crippen molar-refractivity contribution in [3.63, 3.8) is 0 Å². The van der Waals surface area contributed by atoms with Gasteiger partial charge in [-0.1, -0.05) is 0 Å². The van der Waals surface area contributed by atoms with E-state index in [2.05, 4.69) is 0 Å². The maximum absolute atomic E-state index is 12.4. The second-order valence-corrected chi connectivity index (χ2v) is 6.31. The minimum atomic E-state index is -3.42. The third-order valence-corrected chi connectivity index (χ3v) is 4.95. The van der Waals surface area contributed by atoms with Gasteiger partial charge in [0, 0.05) is 13.1 Å². The lowest BCUT2D eigenvalue weighted by atomic mass is 10.2. The molecular weight excluding hydrogens is 266 g/mol. The van der Waals surface area contributed by atoms with Crippen LogP contribution in [0.5, 0.6) is 5.75 Å². The van der Waals surface area contributed by atoms with Gasteiger partial charge in [0.2, 0.25) is 10.0 Å². The van der Waals surface area contributed by atoms with E-state index in [-0.39, 0.29) is 0 Å². The highest BCUT2D eigenvalue weighted by Crippen LogP contribution is 2.24. The van der Waals surface area contributed by atoms with Gasteiger partial charge in [-0.3, -0.25) is 0 Å². The Balaban J connectivity index is 2.27. The fourth-order valence-corrected chi connectivity index (χ4v) is 3.53. The zero-order valence-electron chi connectivity index (χ0n) is 11.3. The summed E-state index contributed by atoms with van der Waals surface area (Å²) in [4.78, 5) is 0.315. The number of morpholine rings is 1. The van der Waals surface area contributed by atoms with E-state index >= 15 is 0 Å². The van der Waals surface area contributed by atoms with Crippen molar-refractivity contribution in [1.29, 1.82) is 0 Å². The van der Waals surface area contributed by atoms with Gasteiger partial charge in [0.1, 0.15) is 5.75 Å². The van der Waals surface area contributed by atoms with Gasteiger partial charge in [0.25, 0.3) is 0 Å². The Bertz CT molecular complexity index is 536. The van der Waals surface area contributed by atoms with E-state index in [0.29, 0.717) is 37.8 Å². The Hall–Kier alpha value is -1.11. The third-order valence-electron chi connectivity index (χ3n) is 3.05. The first kappa shape index (κ1) is 14.3. The van der Waals surface area contributed by atoms with Gasteiger partial charge in [0.05, 0.1) is 24.7 Å². The maximum Gasteiger partial charge on any atom is 0.243 e. The molecule has 0 radical (unpaired) electrons. The molecule has 1 aliphatic rings. The Morgan fingerprint density at radius 1 is 1.32 bits per heavy atom. The Morgan fingerprint density at radius 3 is 2.58 bits per heavy atom. The average molecular weight is 285 g/mol. The van der Waals surface area contributed by atoms with Crippen LogP contribution in [0.2, 0.25) is 0 Å². The molecule has 1 aromatic carbocycles. The second-order valence-electron chi connectivity index (χ2n) is 4.38. The van der Waals surface area contributed by atoms with Crippen molar-refractivity contribution in [2.45, 2.75) is 18.7 Å². The number of ether oxygens (including phenoxy) is 2. The van der Waals surface area contributed by atoms with Crippen LogP contribution in [0.15, 0.2) is 23.1 Å². The highest BCUT2D eigenvalue weighted by molar-refractivity contribution is 7.89. The van der Waals surface area contributed by atoms with E-state index < -0.39 is 10.0 Å². The summed E-state index contributed by atoms with van der Waals surface area (Å²) < 4.78 is 36.9. The van der Waals surface area contributed by atoms with E-state index in [1.54, 1.807) is 18.2 Å². The van der Waals surface area contributed by atoms with Gasteiger partial charge in [-0.2, -0.15) is 4.31 Å². The summed E-state index contributed by atoms with van der Waals surface area (Å²) in [5.74, 6) is 0.725. The number of nitrogens with zero attached hydrogens (tertiary/aromatic N) is 1. The lowest BCUT2D eigenvalue weighted by Crippen LogP contribution is -2.40. The minimum Gasteiger partial charge on any atom is -0.494 e. The first-order valence-electron chi connectivity index (χ1n) is 6.37. The van der Waals surface area contributed by atoms with E-state index in [0.717, 1.165) is 11.3 Å². The minimum absolute atomic E-state index is 0.315. The molecule has 0 saturated carbocycles. The normalized spacial score (nSPS) is 17.4. The van der Waals surface area contributed by atoms with Crippen molar-refractivity contribution in [2.75, 3.05) is 32.9 Å². The molecule has 2 rings (SSSR count). The average Bonchev–Trinajstić information content (AvgIpc) is 2.42. The molecule has 1 aromatic rings. The molecule has 0 bridgehead atoms. The highest BCUT2D eigenvalue weighted by atomic mass is 32.2. The Labute approximate surface area is 114 Å². The van der Waals surface area contributed by atoms with Crippen LogP contribution in [0.4, 0.5) is 0 Å². The lowest BCUT2D eigenvalue weighted by Gasteiger charge is -2.26. The molecule has 1 aliphatic heterocycles. The summed E-state index contributed by atoms with van der Waals surface area (Å²) in [6.45, 7) is 6.05. The van der Waals surface area contributed by atoms with Crippen LogP contribution in [0.25, 0.3) is 0 Å². The van der Waals surface area contributed by atoms with E-state index in [1.165, 1.54) is 4.31 Å². The molecule has 0 unspecified atom stereocenters. The topological polar surface area (TPSA) is 55.8 Å². The van der Waals surface area contributed by atoms with Gasteiger partial charge in [-0.15, -0.1) is 0 Å². The Kier molecular flexibility index (Phi) is 4.44. The van der Waals surface area contributed by atoms with Gasteiger partial charge in [-0.25, -0.2) is 8.42 Å². The van der Waals surface area contributed by atoms with Crippen LogP contribution in [-0.2, 0) is 14.8 Å². The van der Waals surface area contributed by atoms with Crippen molar-refractivity contribution in [3.05, 3.63) is 23.8 Å². The summed E-state index contributed by atoms with van der Waals surface area (Å²) in [5.41, 5.74) is 0.830. The first-order chi connectivity index (χ1) is 9.05. The summed E-state index contributed by atoms with van der Waals surface area (Å²) in [6.07, 6.45) is 0. The Morgan fingerprint density at radius 2 is 2.00 bits per heavy atom. The second kappa shape index (κ2) is 5.90. The molecule has 1 saturated heterocycles. The predicted octanol–water partition coefficient (Wildman–Crippen LogP) is 1.41. The van der Waals surface area contributed by atoms with Gasteiger partial charge >= 0.3 is 0 Å². The summed E-state index contributed by atoms with van der Waals surface area (Å²) in [6, 6.07) is 4.98. The quantitative estimate of drug-likeness (QED) is 0.839.